The lowest BCUT2D eigenvalue weighted by Gasteiger charge is -2.43. The van der Waals surface area contributed by atoms with Crippen molar-refractivity contribution in [2.75, 3.05) is 13.2 Å². The normalized spacial score (nSPS) is 22.8. The van der Waals surface area contributed by atoms with Crippen molar-refractivity contribution < 1.29 is 13.9 Å². The van der Waals surface area contributed by atoms with Crippen molar-refractivity contribution in [1.29, 1.82) is 0 Å². The van der Waals surface area contributed by atoms with Gasteiger partial charge in [0.25, 0.3) is 0 Å². The van der Waals surface area contributed by atoms with Gasteiger partial charge < -0.3 is 14.1 Å². The van der Waals surface area contributed by atoms with E-state index in [4.69, 9.17) is 9.15 Å². The molecule has 2 aliphatic rings. The number of morpholine rings is 1. The topological polar surface area (TPSA) is 68.5 Å². The molecule has 1 amide bonds. The molecule has 1 aliphatic carbocycles. The first-order valence-corrected chi connectivity index (χ1v) is 9.60. The van der Waals surface area contributed by atoms with Crippen LogP contribution in [0.3, 0.4) is 0 Å². The summed E-state index contributed by atoms with van der Waals surface area (Å²) >= 11 is 0. The largest absolute Gasteiger partial charge is 0.421 e. The quantitative estimate of drug-likeness (QED) is 0.824. The monoisotopic (exact) mass is 355 g/mol. The Balaban J connectivity index is 1.29. The van der Waals surface area contributed by atoms with Crippen LogP contribution in [0, 0.1) is 0 Å². The van der Waals surface area contributed by atoms with Gasteiger partial charge in [-0.05, 0) is 31.4 Å². The van der Waals surface area contributed by atoms with Gasteiger partial charge in [0.15, 0.2) is 0 Å². The first-order valence-electron chi connectivity index (χ1n) is 9.60. The Labute approximate surface area is 153 Å². The zero-order chi connectivity index (χ0) is 17.8. The Morgan fingerprint density at radius 1 is 1.15 bits per heavy atom. The third-order valence-electron chi connectivity index (χ3n) is 5.32. The minimum Gasteiger partial charge on any atom is -0.421 e. The molecule has 6 heteroatoms. The van der Waals surface area contributed by atoms with Crippen molar-refractivity contribution in [3.63, 3.8) is 0 Å². The minimum absolute atomic E-state index is 0.230. The number of fused-ring (bicyclic) bond motifs is 1. The molecule has 0 bridgehead atoms. The SMILES string of the molecule is O=C(CCCc1nnc(-c2ccccc2)o1)N1CCO[C@@H]2CCCC[C@@H]21. The molecule has 4 rings (SSSR count). The van der Waals surface area contributed by atoms with Gasteiger partial charge in [-0.25, -0.2) is 0 Å². The highest BCUT2D eigenvalue weighted by atomic mass is 16.5. The molecule has 0 spiro atoms. The molecule has 1 saturated heterocycles. The average molecular weight is 355 g/mol. The van der Waals surface area contributed by atoms with Gasteiger partial charge in [-0.15, -0.1) is 10.2 Å². The fourth-order valence-electron chi connectivity index (χ4n) is 3.99. The molecular weight excluding hydrogens is 330 g/mol. The van der Waals surface area contributed by atoms with E-state index < -0.39 is 0 Å². The molecule has 0 N–H and O–H groups in total. The van der Waals surface area contributed by atoms with E-state index in [0.29, 0.717) is 31.2 Å². The number of aryl methyl sites for hydroxylation is 1. The van der Waals surface area contributed by atoms with E-state index in [2.05, 4.69) is 15.1 Å². The summed E-state index contributed by atoms with van der Waals surface area (Å²) in [6.07, 6.45) is 6.67. The molecule has 26 heavy (non-hydrogen) atoms. The molecule has 2 fully saturated rings. The summed E-state index contributed by atoms with van der Waals surface area (Å²) in [5.74, 6) is 1.35. The Hall–Kier alpha value is -2.21. The first kappa shape index (κ1) is 17.2. The fraction of sp³-hybridized carbons (Fsp3) is 0.550. The third-order valence-corrected chi connectivity index (χ3v) is 5.32. The fourth-order valence-corrected chi connectivity index (χ4v) is 3.99. The first-order chi connectivity index (χ1) is 12.8. The number of amides is 1. The van der Waals surface area contributed by atoms with Gasteiger partial charge in [0.2, 0.25) is 17.7 Å². The molecular formula is C20H25N3O3. The highest BCUT2D eigenvalue weighted by Gasteiger charge is 2.36. The summed E-state index contributed by atoms with van der Waals surface area (Å²) in [6, 6.07) is 10.0. The van der Waals surface area contributed by atoms with E-state index >= 15 is 0 Å². The number of rotatable bonds is 5. The number of carbonyl (C=O) groups is 1. The number of ether oxygens (including phenoxy) is 1. The van der Waals surface area contributed by atoms with Gasteiger partial charge in [-0.1, -0.05) is 31.0 Å². The Morgan fingerprint density at radius 3 is 2.88 bits per heavy atom. The van der Waals surface area contributed by atoms with Gasteiger partial charge in [0, 0.05) is 24.9 Å². The van der Waals surface area contributed by atoms with Crippen molar-refractivity contribution in [1.82, 2.24) is 15.1 Å². The van der Waals surface area contributed by atoms with Gasteiger partial charge in [-0.3, -0.25) is 4.79 Å². The van der Waals surface area contributed by atoms with Crippen LogP contribution in [0.25, 0.3) is 11.5 Å². The highest BCUT2D eigenvalue weighted by Crippen LogP contribution is 2.29. The van der Waals surface area contributed by atoms with E-state index in [-0.39, 0.29) is 18.1 Å². The van der Waals surface area contributed by atoms with Crippen LogP contribution in [0.1, 0.15) is 44.4 Å². The molecule has 138 valence electrons. The number of nitrogens with zero attached hydrogens (tertiary/aromatic N) is 3. The van der Waals surface area contributed by atoms with Gasteiger partial charge in [-0.2, -0.15) is 0 Å². The second-order valence-electron chi connectivity index (χ2n) is 7.07. The molecule has 1 aliphatic heterocycles. The predicted molar refractivity (Wildman–Crippen MR) is 96.4 cm³/mol. The molecule has 1 saturated carbocycles. The van der Waals surface area contributed by atoms with Crippen LogP contribution >= 0.6 is 0 Å². The maximum Gasteiger partial charge on any atom is 0.247 e. The zero-order valence-electron chi connectivity index (χ0n) is 15.0. The standard InChI is InChI=1S/C20H25N3O3/c24-19(23-13-14-25-17-10-5-4-9-16(17)23)12-6-11-18-21-22-20(26-18)15-7-2-1-3-8-15/h1-3,7-8,16-17H,4-6,9-14H2/t16-,17+/m0/s1. The Kier molecular flexibility index (Phi) is 5.29. The third kappa shape index (κ3) is 3.80. The molecule has 0 radical (unpaired) electrons. The zero-order valence-corrected chi connectivity index (χ0v) is 15.0. The van der Waals surface area contributed by atoms with Crippen molar-refractivity contribution in [2.24, 2.45) is 0 Å². The lowest BCUT2D eigenvalue weighted by molar-refractivity contribution is -0.149. The number of hydrogen-bond acceptors (Lipinski definition) is 5. The summed E-state index contributed by atoms with van der Waals surface area (Å²) < 4.78 is 11.6. The van der Waals surface area contributed by atoms with Crippen molar-refractivity contribution in [2.45, 2.75) is 57.1 Å². The molecule has 6 nitrogen and oxygen atoms in total. The maximum absolute atomic E-state index is 12.7. The minimum atomic E-state index is 0.230. The van der Waals surface area contributed by atoms with Crippen LogP contribution in [-0.2, 0) is 16.0 Å². The summed E-state index contributed by atoms with van der Waals surface area (Å²) in [4.78, 5) is 14.7. The highest BCUT2D eigenvalue weighted by molar-refractivity contribution is 5.76. The molecule has 2 heterocycles. The second-order valence-corrected chi connectivity index (χ2v) is 7.07. The number of aromatic nitrogens is 2. The second kappa shape index (κ2) is 7.99. The maximum atomic E-state index is 12.7. The van der Waals surface area contributed by atoms with E-state index in [1.165, 1.54) is 12.8 Å². The van der Waals surface area contributed by atoms with E-state index in [0.717, 1.165) is 31.4 Å². The number of carbonyl (C=O) groups excluding carboxylic acids is 1. The van der Waals surface area contributed by atoms with Crippen LogP contribution < -0.4 is 0 Å². The summed E-state index contributed by atoms with van der Waals surface area (Å²) in [6.45, 7) is 1.38. The molecule has 2 aromatic rings. The van der Waals surface area contributed by atoms with Crippen LogP contribution in [-0.4, -0.2) is 46.3 Å². The van der Waals surface area contributed by atoms with Crippen molar-refractivity contribution >= 4 is 5.91 Å². The molecule has 2 atom stereocenters. The lowest BCUT2D eigenvalue weighted by Crippen LogP contribution is -2.54. The smallest absolute Gasteiger partial charge is 0.247 e. The van der Waals surface area contributed by atoms with Crippen LogP contribution in [0.2, 0.25) is 0 Å². The summed E-state index contributed by atoms with van der Waals surface area (Å²) in [5.41, 5.74) is 0.916. The average Bonchev–Trinajstić information content (AvgIpc) is 3.17. The van der Waals surface area contributed by atoms with E-state index in [1.54, 1.807) is 0 Å². The van der Waals surface area contributed by atoms with Gasteiger partial charge in [0.05, 0.1) is 18.8 Å². The lowest BCUT2D eigenvalue weighted by atomic mass is 9.90. The van der Waals surface area contributed by atoms with Crippen LogP contribution in [0.15, 0.2) is 34.7 Å². The summed E-state index contributed by atoms with van der Waals surface area (Å²) in [5, 5.41) is 8.21. The van der Waals surface area contributed by atoms with Gasteiger partial charge in [0.1, 0.15) is 0 Å². The molecule has 1 aromatic carbocycles. The van der Waals surface area contributed by atoms with Crippen molar-refractivity contribution in [3.8, 4) is 11.5 Å². The number of hydrogen-bond donors (Lipinski definition) is 0. The van der Waals surface area contributed by atoms with Crippen molar-refractivity contribution in [3.05, 3.63) is 36.2 Å². The van der Waals surface area contributed by atoms with Crippen LogP contribution in [0.5, 0.6) is 0 Å². The molecule has 0 unspecified atom stereocenters. The van der Waals surface area contributed by atoms with Gasteiger partial charge >= 0.3 is 0 Å². The predicted octanol–water partition coefficient (Wildman–Crippen LogP) is 3.23. The Morgan fingerprint density at radius 2 is 2.00 bits per heavy atom. The van der Waals surface area contributed by atoms with E-state index in [1.807, 2.05) is 30.3 Å². The van der Waals surface area contributed by atoms with E-state index in [9.17, 15) is 4.79 Å². The Bertz CT molecular complexity index is 729. The number of benzene rings is 1. The summed E-state index contributed by atoms with van der Waals surface area (Å²) in [7, 11) is 0. The van der Waals surface area contributed by atoms with Crippen LogP contribution in [0.4, 0.5) is 0 Å². The molecule has 1 aromatic heterocycles.